The van der Waals surface area contributed by atoms with Crippen molar-refractivity contribution in [2.24, 2.45) is 0 Å². The van der Waals surface area contributed by atoms with Gasteiger partial charge in [-0.3, -0.25) is 9.59 Å². The van der Waals surface area contributed by atoms with Crippen molar-refractivity contribution in [3.8, 4) is 11.5 Å². The monoisotopic (exact) mass is 614 g/mol. The lowest BCUT2D eigenvalue weighted by atomic mass is 10.1. The van der Waals surface area contributed by atoms with Crippen molar-refractivity contribution in [2.45, 2.75) is 116 Å². The molecule has 8 heteroatoms. The number of unbranched alkanes of at least 4 members (excludes halogenated alkanes) is 7. The Kier molecular flexibility index (Phi) is 19.6. The summed E-state index contributed by atoms with van der Waals surface area (Å²) in [6, 6.07) is 16.3. The van der Waals surface area contributed by atoms with Crippen molar-refractivity contribution < 1.29 is 38.7 Å². The summed E-state index contributed by atoms with van der Waals surface area (Å²) in [6.07, 6.45) is 11.4. The lowest BCUT2D eigenvalue weighted by Gasteiger charge is -2.17. The van der Waals surface area contributed by atoms with E-state index in [1.807, 2.05) is 24.3 Å². The van der Waals surface area contributed by atoms with E-state index in [-0.39, 0.29) is 25.0 Å². The summed E-state index contributed by atoms with van der Waals surface area (Å²) in [5.41, 5.74) is 2.28. The molecule has 44 heavy (non-hydrogen) atoms. The number of hydrogen-bond acceptors (Lipinski definition) is 6. The van der Waals surface area contributed by atoms with Crippen molar-refractivity contribution in [3.05, 3.63) is 59.7 Å². The van der Waals surface area contributed by atoms with Gasteiger partial charge in [-0.15, -0.1) is 0 Å². The van der Waals surface area contributed by atoms with Crippen molar-refractivity contribution in [3.63, 3.8) is 0 Å². The molecule has 2 rings (SSSR count). The normalized spacial score (nSPS) is 12.5. The molecular weight excluding hydrogens is 560 g/mol. The van der Waals surface area contributed by atoms with Gasteiger partial charge in [0.1, 0.15) is 11.5 Å². The van der Waals surface area contributed by atoms with Gasteiger partial charge in [0.2, 0.25) is 0 Å². The predicted octanol–water partition coefficient (Wildman–Crippen LogP) is 8.93. The van der Waals surface area contributed by atoms with Crippen LogP contribution < -0.4 is 9.47 Å². The Morgan fingerprint density at radius 3 is 1.20 bits per heavy atom. The minimum Gasteiger partial charge on any atom is -0.494 e. The highest BCUT2D eigenvalue weighted by Crippen LogP contribution is 2.25. The van der Waals surface area contributed by atoms with E-state index < -0.39 is 11.9 Å². The number of benzene rings is 2. The Hall–Kier alpha value is -3.10. The van der Waals surface area contributed by atoms with E-state index in [0.29, 0.717) is 39.3 Å². The standard InChI is InChI=1S/C36H54O8/c1-3-33(43-27-13-7-9-15-35(37)38)29-17-21-31(22-18-29)41-25-11-5-6-12-26-42-32-23-19-30(20-24-32)34(4-2)44-28-14-8-10-16-36(39)40/h17-24,33-34H,3-16,25-28H2,1-2H3,(H,37,38)(H,39,40). The van der Waals surface area contributed by atoms with Crippen LogP contribution in [0, 0.1) is 0 Å². The number of ether oxygens (including phenoxy) is 4. The minimum absolute atomic E-state index is 0.0464. The molecule has 0 aliphatic heterocycles. The summed E-state index contributed by atoms with van der Waals surface area (Å²) in [5.74, 6) is 0.265. The first-order valence-electron chi connectivity index (χ1n) is 16.5. The Morgan fingerprint density at radius 2 is 0.864 bits per heavy atom. The first-order chi connectivity index (χ1) is 21.4. The molecule has 8 nitrogen and oxygen atoms in total. The number of hydrogen-bond donors (Lipinski definition) is 2. The topological polar surface area (TPSA) is 112 Å². The van der Waals surface area contributed by atoms with Crippen molar-refractivity contribution in [2.75, 3.05) is 26.4 Å². The highest BCUT2D eigenvalue weighted by Gasteiger charge is 2.11. The summed E-state index contributed by atoms with van der Waals surface area (Å²) < 4.78 is 23.9. The van der Waals surface area contributed by atoms with Crippen LogP contribution in [0.5, 0.6) is 11.5 Å². The second-order valence-electron chi connectivity index (χ2n) is 11.2. The number of carbonyl (C=O) groups is 2. The fourth-order valence-corrected chi connectivity index (χ4v) is 4.96. The lowest BCUT2D eigenvalue weighted by molar-refractivity contribution is -0.138. The molecule has 0 bridgehead atoms. The van der Waals surface area contributed by atoms with Gasteiger partial charge in [-0.2, -0.15) is 0 Å². The molecule has 0 aliphatic rings. The Balaban J connectivity index is 1.53. The van der Waals surface area contributed by atoms with Gasteiger partial charge in [0.25, 0.3) is 0 Å². The smallest absolute Gasteiger partial charge is 0.303 e. The maximum absolute atomic E-state index is 10.6. The fourth-order valence-electron chi connectivity index (χ4n) is 4.96. The highest BCUT2D eigenvalue weighted by molar-refractivity contribution is 5.66. The zero-order chi connectivity index (χ0) is 31.8. The first kappa shape index (κ1) is 37.1. The van der Waals surface area contributed by atoms with Crippen LogP contribution in [0.4, 0.5) is 0 Å². The molecule has 0 heterocycles. The molecule has 0 spiro atoms. The van der Waals surface area contributed by atoms with Crippen LogP contribution in [0.25, 0.3) is 0 Å². The third kappa shape index (κ3) is 16.7. The fraction of sp³-hybridized carbons (Fsp3) is 0.611. The third-order valence-electron chi connectivity index (χ3n) is 7.53. The van der Waals surface area contributed by atoms with E-state index in [1.165, 1.54) is 0 Å². The van der Waals surface area contributed by atoms with Gasteiger partial charge in [-0.1, -0.05) is 51.0 Å². The summed E-state index contributed by atoms with van der Waals surface area (Å²) in [5, 5.41) is 17.4. The molecule has 2 unspecified atom stereocenters. The van der Waals surface area contributed by atoms with E-state index in [2.05, 4.69) is 38.1 Å². The van der Waals surface area contributed by atoms with Crippen LogP contribution in [0.3, 0.4) is 0 Å². The molecule has 2 N–H and O–H groups in total. The summed E-state index contributed by atoms with van der Waals surface area (Å²) in [4.78, 5) is 21.2. The van der Waals surface area contributed by atoms with Crippen molar-refractivity contribution in [1.82, 2.24) is 0 Å². The third-order valence-corrected chi connectivity index (χ3v) is 7.53. The second-order valence-corrected chi connectivity index (χ2v) is 11.2. The first-order valence-corrected chi connectivity index (χ1v) is 16.5. The van der Waals surface area contributed by atoms with Gasteiger partial charge in [0.05, 0.1) is 25.4 Å². The molecule has 2 aromatic rings. The number of rotatable bonds is 27. The Labute approximate surface area is 264 Å². The van der Waals surface area contributed by atoms with Gasteiger partial charge in [-0.05, 0) is 99.6 Å². The van der Waals surface area contributed by atoms with E-state index >= 15 is 0 Å². The molecular formula is C36H54O8. The molecule has 0 saturated heterocycles. The van der Waals surface area contributed by atoms with Gasteiger partial charge in [0.15, 0.2) is 0 Å². The second kappa shape index (κ2) is 23.3. The van der Waals surface area contributed by atoms with E-state index in [1.54, 1.807) is 0 Å². The quantitative estimate of drug-likeness (QED) is 0.0960. The van der Waals surface area contributed by atoms with Crippen molar-refractivity contribution >= 4 is 11.9 Å². The minimum atomic E-state index is -0.738. The van der Waals surface area contributed by atoms with Gasteiger partial charge in [0, 0.05) is 26.1 Å². The molecule has 0 saturated carbocycles. The van der Waals surface area contributed by atoms with E-state index in [9.17, 15) is 9.59 Å². The van der Waals surface area contributed by atoms with Gasteiger partial charge >= 0.3 is 11.9 Å². The van der Waals surface area contributed by atoms with Crippen LogP contribution >= 0.6 is 0 Å². The lowest BCUT2D eigenvalue weighted by Crippen LogP contribution is -2.05. The van der Waals surface area contributed by atoms with Crippen LogP contribution in [0.15, 0.2) is 48.5 Å². The molecule has 0 aliphatic carbocycles. The van der Waals surface area contributed by atoms with Gasteiger partial charge < -0.3 is 29.2 Å². The number of aliphatic carboxylic acids is 2. The maximum Gasteiger partial charge on any atom is 0.303 e. The zero-order valence-electron chi connectivity index (χ0n) is 26.8. The van der Waals surface area contributed by atoms with E-state index in [0.717, 1.165) is 86.8 Å². The molecule has 0 radical (unpaired) electrons. The zero-order valence-corrected chi connectivity index (χ0v) is 26.8. The summed E-state index contributed by atoms with van der Waals surface area (Å²) in [6.45, 7) is 6.88. The molecule has 0 fully saturated rings. The SMILES string of the molecule is CCC(OCCCCCC(=O)O)c1ccc(OCCCCCCOc2ccc(C(CC)OCCCCCC(=O)O)cc2)cc1. The Bertz CT molecular complexity index is 938. The van der Waals surface area contributed by atoms with Crippen LogP contribution in [-0.4, -0.2) is 48.6 Å². The molecule has 0 amide bonds. The van der Waals surface area contributed by atoms with Crippen LogP contribution in [-0.2, 0) is 19.1 Å². The molecule has 2 aromatic carbocycles. The number of carboxylic acids is 2. The van der Waals surface area contributed by atoms with Gasteiger partial charge in [-0.25, -0.2) is 0 Å². The van der Waals surface area contributed by atoms with Crippen LogP contribution in [0.1, 0.15) is 127 Å². The average Bonchev–Trinajstić information content (AvgIpc) is 3.02. The molecule has 2 atom stereocenters. The van der Waals surface area contributed by atoms with E-state index in [4.69, 9.17) is 29.2 Å². The Morgan fingerprint density at radius 1 is 0.523 bits per heavy atom. The largest absolute Gasteiger partial charge is 0.494 e. The summed E-state index contributed by atoms with van der Waals surface area (Å²) in [7, 11) is 0. The maximum atomic E-state index is 10.6. The average molecular weight is 615 g/mol. The number of carboxylic acid groups (broad SMARTS) is 2. The van der Waals surface area contributed by atoms with Crippen molar-refractivity contribution in [1.29, 1.82) is 0 Å². The highest BCUT2D eigenvalue weighted by atomic mass is 16.5. The molecule has 0 aromatic heterocycles. The molecule has 246 valence electrons. The summed E-state index contributed by atoms with van der Waals surface area (Å²) >= 11 is 0. The predicted molar refractivity (Wildman–Crippen MR) is 173 cm³/mol. The van der Waals surface area contributed by atoms with Crippen LogP contribution in [0.2, 0.25) is 0 Å².